The van der Waals surface area contributed by atoms with Crippen LogP contribution in [0.3, 0.4) is 0 Å². The molecule has 0 spiro atoms. The highest BCUT2D eigenvalue weighted by Gasteiger charge is 2.19. The Hall–Kier alpha value is -3.19. The molecule has 1 amide bonds. The number of fused-ring (bicyclic) bond motifs is 1. The van der Waals surface area contributed by atoms with Gasteiger partial charge in [0.2, 0.25) is 10.9 Å². The lowest BCUT2D eigenvalue weighted by atomic mass is 10.1. The average molecular weight is 422 g/mol. The van der Waals surface area contributed by atoms with Crippen LogP contribution in [-0.2, 0) is 30.3 Å². The molecule has 0 saturated heterocycles. The van der Waals surface area contributed by atoms with Crippen LogP contribution < -0.4 is 9.62 Å². The zero-order chi connectivity index (χ0) is 21.1. The summed E-state index contributed by atoms with van der Waals surface area (Å²) in [6.07, 6.45) is 6.45. The van der Waals surface area contributed by atoms with Crippen LogP contribution >= 0.6 is 0 Å². The molecule has 1 aliphatic carbocycles. The highest BCUT2D eigenvalue weighted by atomic mass is 32.2. The standard InChI is InChI=1S/C23H23N3O3S/c1-16-7-8-20(23(27)25-15-17-4-3-11-24-14-17)13-22(16)26(30(28)29)21-10-9-18-5-2-6-19(18)12-21/h3-4,7-14,30H,2,5-6,15H2,1H3,(H,25,27). The van der Waals surface area contributed by atoms with Crippen molar-refractivity contribution in [3.05, 3.63) is 88.7 Å². The number of nitrogens with zero attached hydrogens (tertiary/aromatic N) is 2. The Morgan fingerprint density at radius 2 is 1.93 bits per heavy atom. The summed E-state index contributed by atoms with van der Waals surface area (Å²) in [5, 5.41) is 2.86. The van der Waals surface area contributed by atoms with E-state index in [4.69, 9.17) is 0 Å². The van der Waals surface area contributed by atoms with Crippen molar-refractivity contribution in [3.8, 4) is 0 Å². The first-order valence-electron chi connectivity index (χ1n) is 9.87. The van der Waals surface area contributed by atoms with Crippen LogP contribution in [0.1, 0.15) is 39.0 Å². The van der Waals surface area contributed by atoms with Gasteiger partial charge in [0.25, 0.3) is 5.91 Å². The van der Waals surface area contributed by atoms with E-state index in [2.05, 4.69) is 10.3 Å². The molecule has 1 heterocycles. The van der Waals surface area contributed by atoms with E-state index in [1.165, 1.54) is 15.4 Å². The highest BCUT2D eigenvalue weighted by molar-refractivity contribution is 7.74. The van der Waals surface area contributed by atoms with Gasteiger partial charge in [-0.1, -0.05) is 18.2 Å². The molecule has 0 fully saturated rings. The third kappa shape index (κ3) is 4.21. The minimum absolute atomic E-state index is 0.268. The monoisotopic (exact) mass is 421 g/mol. The van der Waals surface area contributed by atoms with E-state index in [0.29, 0.717) is 23.5 Å². The number of rotatable bonds is 6. The summed E-state index contributed by atoms with van der Waals surface area (Å²) in [6.45, 7) is 2.19. The molecule has 0 unspecified atom stereocenters. The molecule has 3 aromatic rings. The van der Waals surface area contributed by atoms with Crippen molar-refractivity contribution in [2.75, 3.05) is 4.31 Å². The van der Waals surface area contributed by atoms with Gasteiger partial charge in [0, 0.05) is 24.5 Å². The van der Waals surface area contributed by atoms with Crippen molar-refractivity contribution >= 4 is 28.2 Å². The number of aryl methyl sites for hydroxylation is 3. The predicted octanol–water partition coefficient (Wildman–Crippen LogP) is 3.47. The Bertz CT molecular complexity index is 1150. The molecule has 0 saturated carbocycles. The number of hydrogen-bond donors (Lipinski definition) is 2. The number of hydrogen-bond acceptors (Lipinski definition) is 4. The van der Waals surface area contributed by atoms with Crippen LogP contribution in [0.4, 0.5) is 11.4 Å². The lowest BCUT2D eigenvalue weighted by Gasteiger charge is -2.21. The second-order valence-electron chi connectivity index (χ2n) is 7.40. The van der Waals surface area contributed by atoms with Crippen molar-refractivity contribution in [2.45, 2.75) is 32.7 Å². The molecule has 2 aromatic carbocycles. The quantitative estimate of drug-likeness (QED) is 0.598. The van der Waals surface area contributed by atoms with Crippen LogP contribution in [0.2, 0.25) is 0 Å². The number of aromatic nitrogens is 1. The average Bonchev–Trinajstić information content (AvgIpc) is 3.22. The maximum atomic E-state index is 12.7. The molecule has 1 aromatic heterocycles. The van der Waals surface area contributed by atoms with Gasteiger partial charge in [-0.3, -0.25) is 9.78 Å². The lowest BCUT2D eigenvalue weighted by molar-refractivity contribution is 0.0951. The van der Waals surface area contributed by atoms with Crippen molar-refractivity contribution in [1.29, 1.82) is 0 Å². The Kier molecular flexibility index (Phi) is 5.81. The normalized spacial score (nSPS) is 12.6. The summed E-state index contributed by atoms with van der Waals surface area (Å²) < 4.78 is 25.7. The molecule has 4 rings (SSSR count). The molecule has 0 radical (unpaired) electrons. The first kappa shape index (κ1) is 20.1. The third-order valence-electron chi connectivity index (χ3n) is 5.37. The molecular weight excluding hydrogens is 398 g/mol. The fraction of sp³-hybridized carbons (Fsp3) is 0.217. The predicted molar refractivity (Wildman–Crippen MR) is 118 cm³/mol. The molecule has 7 heteroatoms. The van der Waals surface area contributed by atoms with Gasteiger partial charge in [-0.2, -0.15) is 0 Å². The molecule has 1 aliphatic rings. The zero-order valence-electron chi connectivity index (χ0n) is 16.7. The van der Waals surface area contributed by atoms with Crippen molar-refractivity contribution in [2.24, 2.45) is 0 Å². The number of carbonyl (C=O) groups excluding carboxylic acids is 1. The molecule has 0 bridgehead atoms. The summed E-state index contributed by atoms with van der Waals surface area (Å²) in [6, 6.07) is 14.6. The smallest absolute Gasteiger partial charge is 0.251 e. The van der Waals surface area contributed by atoms with Crippen molar-refractivity contribution in [1.82, 2.24) is 10.3 Å². The summed E-state index contributed by atoms with van der Waals surface area (Å²) >= 11 is 0. The Morgan fingerprint density at radius 1 is 1.10 bits per heavy atom. The fourth-order valence-corrected chi connectivity index (χ4v) is 4.48. The number of pyridine rings is 1. The number of amides is 1. The van der Waals surface area contributed by atoms with E-state index in [0.717, 1.165) is 30.4 Å². The van der Waals surface area contributed by atoms with Crippen LogP contribution in [0.25, 0.3) is 0 Å². The summed E-state index contributed by atoms with van der Waals surface area (Å²) in [5.74, 6) is -0.268. The maximum absolute atomic E-state index is 12.7. The Morgan fingerprint density at radius 3 is 2.70 bits per heavy atom. The van der Waals surface area contributed by atoms with Crippen LogP contribution in [0, 0.1) is 6.92 Å². The van der Waals surface area contributed by atoms with E-state index in [9.17, 15) is 13.2 Å². The number of benzene rings is 2. The molecule has 30 heavy (non-hydrogen) atoms. The van der Waals surface area contributed by atoms with Gasteiger partial charge in [0.1, 0.15) is 0 Å². The molecule has 0 aliphatic heterocycles. The number of thiol groups is 1. The van der Waals surface area contributed by atoms with Crippen molar-refractivity contribution < 1.29 is 13.2 Å². The summed E-state index contributed by atoms with van der Waals surface area (Å²) in [5.41, 5.74) is 5.62. The first-order valence-corrected chi connectivity index (χ1v) is 11.0. The second-order valence-corrected chi connectivity index (χ2v) is 8.28. The molecule has 154 valence electrons. The van der Waals surface area contributed by atoms with Crippen LogP contribution in [0.15, 0.2) is 60.9 Å². The topological polar surface area (TPSA) is 79.4 Å². The van der Waals surface area contributed by atoms with Gasteiger partial charge < -0.3 is 5.32 Å². The zero-order valence-corrected chi connectivity index (χ0v) is 17.6. The van der Waals surface area contributed by atoms with Gasteiger partial charge in [-0.15, -0.1) is 0 Å². The van der Waals surface area contributed by atoms with E-state index in [1.807, 2.05) is 37.3 Å². The molecule has 6 nitrogen and oxygen atoms in total. The largest absolute Gasteiger partial charge is 0.348 e. The van der Waals surface area contributed by atoms with E-state index in [-0.39, 0.29) is 5.91 Å². The minimum Gasteiger partial charge on any atom is -0.348 e. The van der Waals surface area contributed by atoms with Gasteiger partial charge >= 0.3 is 0 Å². The lowest BCUT2D eigenvalue weighted by Crippen LogP contribution is -2.23. The SMILES string of the molecule is Cc1ccc(C(=O)NCc2cccnc2)cc1N(c1ccc2c(c1)CCC2)[SH](=O)=O. The Balaban J connectivity index is 1.63. The molecule has 0 atom stereocenters. The van der Waals surface area contributed by atoms with Gasteiger partial charge in [-0.25, -0.2) is 12.7 Å². The number of anilines is 2. The number of nitrogens with one attached hydrogen (secondary N) is 1. The van der Waals surface area contributed by atoms with Gasteiger partial charge in [0.15, 0.2) is 0 Å². The molecule has 1 N–H and O–H groups in total. The van der Waals surface area contributed by atoms with E-state index >= 15 is 0 Å². The van der Waals surface area contributed by atoms with Gasteiger partial charge in [-0.05, 0) is 78.8 Å². The highest BCUT2D eigenvalue weighted by Crippen LogP contribution is 2.33. The minimum atomic E-state index is -2.92. The fourth-order valence-electron chi connectivity index (χ4n) is 3.78. The Labute approximate surface area is 177 Å². The maximum Gasteiger partial charge on any atom is 0.251 e. The van der Waals surface area contributed by atoms with Gasteiger partial charge in [0.05, 0.1) is 11.4 Å². The van der Waals surface area contributed by atoms with Crippen LogP contribution in [0.5, 0.6) is 0 Å². The van der Waals surface area contributed by atoms with E-state index in [1.54, 1.807) is 30.6 Å². The second kappa shape index (κ2) is 8.67. The first-order chi connectivity index (χ1) is 14.5. The van der Waals surface area contributed by atoms with E-state index < -0.39 is 10.9 Å². The summed E-state index contributed by atoms with van der Waals surface area (Å²) in [4.78, 5) is 16.7. The molecular formula is C23H23N3O3S. The summed E-state index contributed by atoms with van der Waals surface area (Å²) in [7, 11) is -2.92. The number of carbonyl (C=O) groups is 1. The van der Waals surface area contributed by atoms with Crippen molar-refractivity contribution in [3.63, 3.8) is 0 Å². The third-order valence-corrected chi connectivity index (χ3v) is 6.14. The van der Waals surface area contributed by atoms with Crippen LogP contribution in [-0.4, -0.2) is 19.3 Å².